The Bertz CT molecular complexity index is 650. The number of halogens is 1. The second-order valence-corrected chi connectivity index (χ2v) is 4.71. The maximum atomic E-state index is 13.0. The van der Waals surface area contributed by atoms with E-state index in [9.17, 15) is 9.18 Å². The summed E-state index contributed by atoms with van der Waals surface area (Å²) in [6, 6.07) is 5.98. The highest BCUT2D eigenvalue weighted by atomic mass is 19.1. The first kappa shape index (κ1) is 15.0. The molecule has 0 spiro atoms. The van der Waals surface area contributed by atoms with Gasteiger partial charge in [-0.2, -0.15) is 0 Å². The van der Waals surface area contributed by atoms with Crippen LogP contribution in [0.5, 0.6) is 0 Å². The molecule has 1 aromatic heterocycles. The highest BCUT2D eigenvalue weighted by molar-refractivity contribution is 5.92. The molecule has 1 atom stereocenters. The molecule has 0 bridgehead atoms. The monoisotopic (exact) mass is 291 g/mol. The largest absolute Gasteiger partial charge is 0.461 e. The Morgan fingerprint density at radius 3 is 2.62 bits per heavy atom. The molecule has 6 heteroatoms. The summed E-state index contributed by atoms with van der Waals surface area (Å²) in [4.78, 5) is 16.0. The normalized spacial score (nSPS) is 12.2. The van der Waals surface area contributed by atoms with E-state index in [0.717, 1.165) is 5.56 Å². The molecule has 2 N–H and O–H groups in total. The molecule has 2 rings (SSSR count). The summed E-state index contributed by atoms with van der Waals surface area (Å²) >= 11 is 0. The first-order valence-corrected chi connectivity index (χ1v) is 6.72. The lowest BCUT2D eigenvalue weighted by Gasteiger charge is -2.17. The molecule has 0 fully saturated rings. The number of carbonyl (C=O) groups excluding carboxylic acids is 1. The number of aromatic nitrogens is 2. The summed E-state index contributed by atoms with van der Waals surface area (Å²) in [7, 11) is 0. The van der Waals surface area contributed by atoms with Gasteiger partial charge in [-0.1, -0.05) is 12.1 Å². The molecule has 112 valence electrons. The summed E-state index contributed by atoms with van der Waals surface area (Å²) in [6.07, 6.45) is 0. The molecule has 1 heterocycles. The van der Waals surface area contributed by atoms with Crippen LogP contribution in [0.3, 0.4) is 0 Å². The van der Waals surface area contributed by atoms with Crippen LogP contribution in [-0.4, -0.2) is 22.1 Å². The zero-order chi connectivity index (χ0) is 15.6. The summed E-state index contributed by atoms with van der Waals surface area (Å²) < 4.78 is 19.7. The second-order valence-electron chi connectivity index (χ2n) is 4.71. The van der Waals surface area contributed by atoms with Gasteiger partial charge in [-0.05, 0) is 38.5 Å². The van der Waals surface area contributed by atoms with Crippen molar-refractivity contribution in [3.05, 3.63) is 47.2 Å². The average Bonchev–Trinajstić information content (AvgIpc) is 2.74. The van der Waals surface area contributed by atoms with Crippen LogP contribution in [0.4, 0.5) is 10.2 Å². The van der Waals surface area contributed by atoms with Crippen LogP contribution in [-0.2, 0) is 4.74 Å². The Labute approximate surface area is 122 Å². The fourth-order valence-corrected chi connectivity index (χ4v) is 2.29. The zero-order valence-electron chi connectivity index (χ0n) is 12.3. The lowest BCUT2D eigenvalue weighted by atomic mass is 10.1. The van der Waals surface area contributed by atoms with Crippen molar-refractivity contribution in [2.45, 2.75) is 26.8 Å². The van der Waals surface area contributed by atoms with Gasteiger partial charge in [-0.25, -0.2) is 14.2 Å². The third kappa shape index (κ3) is 2.89. The predicted octanol–water partition coefficient (Wildman–Crippen LogP) is 2.70. The molecule has 1 aromatic carbocycles. The van der Waals surface area contributed by atoms with Gasteiger partial charge in [0.1, 0.15) is 17.5 Å². The molecular formula is C15H18FN3O2. The molecule has 2 aromatic rings. The van der Waals surface area contributed by atoms with Crippen LogP contribution in [0.2, 0.25) is 0 Å². The minimum Gasteiger partial charge on any atom is -0.461 e. The van der Waals surface area contributed by atoms with Crippen molar-refractivity contribution < 1.29 is 13.9 Å². The lowest BCUT2D eigenvalue weighted by Crippen LogP contribution is -2.13. The topological polar surface area (TPSA) is 70.1 Å². The molecule has 0 amide bonds. The highest BCUT2D eigenvalue weighted by Crippen LogP contribution is 2.26. The number of imidazole rings is 1. The molecule has 0 radical (unpaired) electrons. The van der Waals surface area contributed by atoms with Crippen molar-refractivity contribution in [2.75, 3.05) is 12.3 Å². The van der Waals surface area contributed by atoms with Crippen LogP contribution in [0.1, 0.15) is 41.8 Å². The number of nitrogen functional groups attached to an aromatic ring is 1. The van der Waals surface area contributed by atoms with E-state index in [4.69, 9.17) is 10.5 Å². The summed E-state index contributed by atoms with van der Waals surface area (Å²) in [5, 5.41) is 0. The van der Waals surface area contributed by atoms with Gasteiger partial charge < -0.3 is 15.0 Å². The third-order valence-electron chi connectivity index (χ3n) is 3.33. The Balaban J connectivity index is 2.40. The number of nitrogens with zero attached hydrogens (tertiary/aromatic N) is 2. The standard InChI is InChI=1S/C15H18FN3O2/c1-4-21-15(20)13-14(17)19(10(3)18-13)9(2)11-5-7-12(16)8-6-11/h5-9H,4,17H2,1-3H3. The van der Waals surface area contributed by atoms with Gasteiger partial charge in [-0.3, -0.25) is 0 Å². The van der Waals surface area contributed by atoms with Crippen molar-refractivity contribution >= 4 is 11.8 Å². The van der Waals surface area contributed by atoms with Gasteiger partial charge in [0.25, 0.3) is 0 Å². The van der Waals surface area contributed by atoms with Gasteiger partial charge in [0.15, 0.2) is 5.69 Å². The summed E-state index contributed by atoms with van der Waals surface area (Å²) in [5.74, 6) is 0.0202. The van der Waals surface area contributed by atoms with Crippen molar-refractivity contribution in [3.8, 4) is 0 Å². The minimum atomic E-state index is -0.539. The Hall–Kier alpha value is -2.37. The fourth-order valence-electron chi connectivity index (χ4n) is 2.29. The molecule has 1 unspecified atom stereocenters. The number of aryl methyl sites for hydroxylation is 1. The number of anilines is 1. The van der Waals surface area contributed by atoms with Crippen molar-refractivity contribution in [1.82, 2.24) is 9.55 Å². The molecule has 0 saturated heterocycles. The molecule has 0 saturated carbocycles. The SMILES string of the molecule is CCOC(=O)c1nc(C)n(C(C)c2ccc(F)cc2)c1N. The number of hydrogen-bond donors (Lipinski definition) is 1. The molecule has 5 nitrogen and oxygen atoms in total. The van der Waals surface area contributed by atoms with Crippen molar-refractivity contribution in [1.29, 1.82) is 0 Å². The Kier molecular flexibility index (Phi) is 4.26. The van der Waals surface area contributed by atoms with Gasteiger partial charge in [0.05, 0.1) is 12.6 Å². The Morgan fingerprint density at radius 2 is 2.05 bits per heavy atom. The van der Waals surface area contributed by atoms with Gasteiger partial charge >= 0.3 is 5.97 Å². The summed E-state index contributed by atoms with van der Waals surface area (Å²) in [5.41, 5.74) is 7.02. The molecule has 21 heavy (non-hydrogen) atoms. The van der Waals surface area contributed by atoms with E-state index in [-0.39, 0.29) is 30.0 Å². The van der Waals surface area contributed by atoms with E-state index in [1.807, 2.05) is 6.92 Å². The van der Waals surface area contributed by atoms with E-state index in [2.05, 4.69) is 4.98 Å². The number of nitrogens with two attached hydrogens (primary N) is 1. The highest BCUT2D eigenvalue weighted by Gasteiger charge is 2.23. The van der Waals surface area contributed by atoms with Crippen LogP contribution < -0.4 is 5.73 Å². The number of benzene rings is 1. The van der Waals surface area contributed by atoms with Gasteiger partial charge in [0.2, 0.25) is 0 Å². The first-order chi connectivity index (χ1) is 9.95. The van der Waals surface area contributed by atoms with E-state index in [0.29, 0.717) is 5.82 Å². The van der Waals surface area contributed by atoms with Crippen LogP contribution in [0, 0.1) is 12.7 Å². The second kappa shape index (κ2) is 5.95. The molecule has 0 aliphatic heterocycles. The summed E-state index contributed by atoms with van der Waals surface area (Å²) in [6.45, 7) is 5.66. The predicted molar refractivity (Wildman–Crippen MR) is 77.5 cm³/mol. The minimum absolute atomic E-state index is 0.114. The number of rotatable bonds is 4. The van der Waals surface area contributed by atoms with Crippen LogP contribution >= 0.6 is 0 Å². The van der Waals surface area contributed by atoms with E-state index in [1.165, 1.54) is 12.1 Å². The first-order valence-electron chi connectivity index (χ1n) is 6.72. The average molecular weight is 291 g/mol. The lowest BCUT2D eigenvalue weighted by molar-refractivity contribution is 0.0521. The zero-order valence-corrected chi connectivity index (χ0v) is 12.3. The van der Waals surface area contributed by atoms with E-state index < -0.39 is 5.97 Å². The van der Waals surface area contributed by atoms with Gasteiger partial charge in [-0.15, -0.1) is 0 Å². The number of hydrogen-bond acceptors (Lipinski definition) is 4. The fraction of sp³-hybridized carbons (Fsp3) is 0.333. The number of esters is 1. The van der Waals surface area contributed by atoms with Crippen molar-refractivity contribution in [2.24, 2.45) is 0 Å². The van der Waals surface area contributed by atoms with Crippen LogP contribution in [0.25, 0.3) is 0 Å². The van der Waals surface area contributed by atoms with E-state index in [1.54, 1.807) is 30.5 Å². The smallest absolute Gasteiger partial charge is 0.360 e. The molecule has 0 aliphatic carbocycles. The Morgan fingerprint density at radius 1 is 1.43 bits per heavy atom. The van der Waals surface area contributed by atoms with E-state index >= 15 is 0 Å². The maximum absolute atomic E-state index is 13.0. The number of carbonyl (C=O) groups is 1. The maximum Gasteiger partial charge on any atom is 0.360 e. The quantitative estimate of drug-likeness (QED) is 0.879. The molecular weight excluding hydrogens is 273 g/mol. The number of ether oxygens (including phenoxy) is 1. The van der Waals surface area contributed by atoms with Gasteiger partial charge in [0, 0.05) is 0 Å². The molecule has 0 aliphatic rings. The van der Waals surface area contributed by atoms with Crippen LogP contribution in [0.15, 0.2) is 24.3 Å². The third-order valence-corrected chi connectivity index (χ3v) is 3.33. The van der Waals surface area contributed by atoms with Crippen molar-refractivity contribution in [3.63, 3.8) is 0 Å².